The number of rotatable bonds is 6. The number of nitrogens with one attached hydrogen (secondary N) is 2. The lowest BCUT2D eigenvalue weighted by molar-refractivity contribution is 0.989. The molecule has 2 aromatic carbocycles. The summed E-state index contributed by atoms with van der Waals surface area (Å²) >= 11 is 13.1. The number of hydrogen-bond donors (Lipinski definition) is 2. The molecule has 0 fully saturated rings. The second-order valence-corrected chi connectivity index (χ2v) is 7.33. The van der Waals surface area contributed by atoms with Crippen molar-refractivity contribution in [1.29, 1.82) is 0 Å². The third kappa shape index (κ3) is 6.42. The number of thiocarbonyl (C=S) groups is 1. The Morgan fingerprint density at radius 2 is 1.87 bits per heavy atom. The molecule has 0 aliphatic carbocycles. The lowest BCUT2D eigenvalue weighted by Crippen LogP contribution is -2.30. The van der Waals surface area contributed by atoms with E-state index in [-0.39, 0.29) is 0 Å². The van der Waals surface area contributed by atoms with Crippen molar-refractivity contribution >= 4 is 46.4 Å². The average Bonchev–Trinajstić information content (AvgIpc) is 2.51. The molecule has 0 aromatic heterocycles. The molecule has 23 heavy (non-hydrogen) atoms. The zero-order valence-electron chi connectivity index (χ0n) is 13.4. The van der Waals surface area contributed by atoms with Crippen molar-refractivity contribution in [3.63, 3.8) is 0 Å². The highest BCUT2D eigenvalue weighted by atomic mass is 35.5. The molecule has 0 unspecified atom stereocenters. The van der Waals surface area contributed by atoms with Crippen LogP contribution in [0.25, 0.3) is 0 Å². The van der Waals surface area contributed by atoms with E-state index in [0.717, 1.165) is 28.8 Å². The van der Waals surface area contributed by atoms with Crippen LogP contribution in [0.3, 0.4) is 0 Å². The molecule has 0 bridgehead atoms. The van der Waals surface area contributed by atoms with E-state index >= 15 is 0 Å². The van der Waals surface area contributed by atoms with Gasteiger partial charge in [-0.2, -0.15) is 11.8 Å². The largest absolute Gasteiger partial charge is 0.362 e. The SMILES string of the molecule is Cc1ccc(NC(=S)NCCSCc2ccc(Cl)cc2)c(C)c1. The molecule has 0 aliphatic rings. The Bertz CT molecular complexity index is 657. The van der Waals surface area contributed by atoms with Gasteiger partial charge in [-0.25, -0.2) is 0 Å². The van der Waals surface area contributed by atoms with E-state index in [2.05, 4.69) is 54.8 Å². The van der Waals surface area contributed by atoms with Crippen LogP contribution in [0.1, 0.15) is 16.7 Å². The Hall–Kier alpha value is -1.23. The number of hydrogen-bond acceptors (Lipinski definition) is 2. The van der Waals surface area contributed by atoms with Crippen molar-refractivity contribution in [2.45, 2.75) is 19.6 Å². The van der Waals surface area contributed by atoms with Gasteiger partial charge in [-0.05, 0) is 55.4 Å². The summed E-state index contributed by atoms with van der Waals surface area (Å²) < 4.78 is 0. The Morgan fingerprint density at radius 3 is 2.57 bits per heavy atom. The molecule has 0 heterocycles. The Morgan fingerprint density at radius 1 is 1.13 bits per heavy atom. The van der Waals surface area contributed by atoms with Gasteiger partial charge in [-0.15, -0.1) is 0 Å². The predicted octanol–water partition coefficient (Wildman–Crippen LogP) is 5.18. The zero-order chi connectivity index (χ0) is 16.7. The van der Waals surface area contributed by atoms with Crippen molar-refractivity contribution in [2.24, 2.45) is 0 Å². The third-order valence-electron chi connectivity index (χ3n) is 3.34. The van der Waals surface area contributed by atoms with Crippen molar-refractivity contribution in [3.8, 4) is 0 Å². The molecule has 2 aromatic rings. The van der Waals surface area contributed by atoms with Gasteiger partial charge in [0.2, 0.25) is 0 Å². The minimum absolute atomic E-state index is 0.670. The Kier molecular flexibility index (Phi) is 7.21. The van der Waals surface area contributed by atoms with E-state index in [9.17, 15) is 0 Å². The van der Waals surface area contributed by atoms with Crippen LogP contribution in [0.5, 0.6) is 0 Å². The maximum Gasteiger partial charge on any atom is 0.170 e. The van der Waals surface area contributed by atoms with Crippen molar-refractivity contribution < 1.29 is 0 Å². The van der Waals surface area contributed by atoms with Crippen LogP contribution in [0.4, 0.5) is 5.69 Å². The second-order valence-electron chi connectivity index (χ2n) is 5.38. The van der Waals surface area contributed by atoms with Gasteiger partial charge in [0, 0.05) is 28.8 Å². The van der Waals surface area contributed by atoms with E-state index in [1.165, 1.54) is 16.7 Å². The normalized spacial score (nSPS) is 10.4. The van der Waals surface area contributed by atoms with E-state index in [1.54, 1.807) is 0 Å². The predicted molar refractivity (Wildman–Crippen MR) is 108 cm³/mol. The molecule has 2 N–H and O–H groups in total. The van der Waals surface area contributed by atoms with E-state index in [1.807, 2.05) is 23.9 Å². The van der Waals surface area contributed by atoms with Gasteiger partial charge in [-0.3, -0.25) is 0 Å². The summed E-state index contributed by atoms with van der Waals surface area (Å²) in [6.07, 6.45) is 0. The lowest BCUT2D eigenvalue weighted by Gasteiger charge is -2.13. The molecule has 5 heteroatoms. The monoisotopic (exact) mass is 364 g/mol. The molecule has 0 radical (unpaired) electrons. The molecule has 0 saturated heterocycles. The van der Waals surface area contributed by atoms with E-state index < -0.39 is 0 Å². The van der Waals surface area contributed by atoms with Crippen molar-refractivity contribution in [1.82, 2.24) is 5.32 Å². The standard InChI is InChI=1S/C18H21ClN2S2/c1-13-3-8-17(14(2)11-13)21-18(22)20-9-10-23-12-15-4-6-16(19)7-5-15/h3-8,11H,9-10,12H2,1-2H3,(H2,20,21,22). The minimum Gasteiger partial charge on any atom is -0.362 e. The minimum atomic E-state index is 0.670. The fourth-order valence-corrected chi connectivity index (χ4v) is 3.28. The molecule has 122 valence electrons. The summed E-state index contributed by atoms with van der Waals surface area (Å²) in [6, 6.07) is 14.3. The number of thioether (sulfide) groups is 1. The maximum atomic E-state index is 5.88. The lowest BCUT2D eigenvalue weighted by atomic mass is 10.1. The molecule has 2 rings (SSSR count). The number of anilines is 1. The zero-order valence-corrected chi connectivity index (χ0v) is 15.7. The Balaban J connectivity index is 1.65. The number of benzene rings is 2. The summed E-state index contributed by atoms with van der Waals surface area (Å²) in [5.74, 6) is 1.98. The third-order valence-corrected chi connectivity index (χ3v) is 4.87. The van der Waals surface area contributed by atoms with Crippen LogP contribution < -0.4 is 10.6 Å². The molecule has 0 aliphatic heterocycles. The first kappa shape index (κ1) is 18.1. The van der Waals surface area contributed by atoms with E-state index in [0.29, 0.717) is 5.11 Å². The number of halogens is 1. The van der Waals surface area contributed by atoms with Gasteiger partial charge >= 0.3 is 0 Å². The van der Waals surface area contributed by atoms with Crippen LogP contribution in [0.2, 0.25) is 5.02 Å². The summed E-state index contributed by atoms with van der Waals surface area (Å²) in [5.41, 5.74) is 4.80. The summed E-state index contributed by atoms with van der Waals surface area (Å²) in [7, 11) is 0. The fraction of sp³-hybridized carbons (Fsp3) is 0.278. The van der Waals surface area contributed by atoms with Gasteiger partial charge in [-0.1, -0.05) is 41.4 Å². The van der Waals surface area contributed by atoms with Crippen LogP contribution in [-0.4, -0.2) is 17.4 Å². The number of aryl methyl sites for hydroxylation is 2. The molecular formula is C18H21ClN2S2. The quantitative estimate of drug-likeness (QED) is 0.545. The topological polar surface area (TPSA) is 24.1 Å². The first-order valence-corrected chi connectivity index (χ1v) is 9.43. The summed E-state index contributed by atoms with van der Waals surface area (Å²) in [4.78, 5) is 0. The molecule has 0 saturated carbocycles. The van der Waals surface area contributed by atoms with Gasteiger partial charge < -0.3 is 10.6 Å². The highest BCUT2D eigenvalue weighted by Gasteiger charge is 2.01. The van der Waals surface area contributed by atoms with Gasteiger partial charge in [0.15, 0.2) is 5.11 Å². The maximum absolute atomic E-state index is 5.88. The first-order valence-electron chi connectivity index (χ1n) is 7.49. The first-order chi connectivity index (χ1) is 11.0. The van der Waals surface area contributed by atoms with Crippen LogP contribution >= 0.6 is 35.6 Å². The van der Waals surface area contributed by atoms with Gasteiger partial charge in [0.05, 0.1) is 0 Å². The molecule has 0 atom stereocenters. The summed E-state index contributed by atoms with van der Waals surface area (Å²) in [6.45, 7) is 5.01. The summed E-state index contributed by atoms with van der Waals surface area (Å²) in [5, 5.41) is 7.95. The van der Waals surface area contributed by atoms with Crippen molar-refractivity contribution in [3.05, 3.63) is 64.2 Å². The van der Waals surface area contributed by atoms with Gasteiger partial charge in [0.25, 0.3) is 0 Å². The Labute approximate surface area is 153 Å². The van der Waals surface area contributed by atoms with E-state index in [4.69, 9.17) is 23.8 Å². The molecule has 0 amide bonds. The van der Waals surface area contributed by atoms with Crippen LogP contribution in [-0.2, 0) is 5.75 Å². The fourth-order valence-electron chi connectivity index (χ4n) is 2.13. The molecular weight excluding hydrogens is 344 g/mol. The highest BCUT2D eigenvalue weighted by molar-refractivity contribution is 7.98. The van der Waals surface area contributed by atoms with Gasteiger partial charge in [0.1, 0.15) is 0 Å². The average molecular weight is 365 g/mol. The van der Waals surface area contributed by atoms with Crippen molar-refractivity contribution in [2.75, 3.05) is 17.6 Å². The van der Waals surface area contributed by atoms with Crippen LogP contribution in [0.15, 0.2) is 42.5 Å². The highest BCUT2D eigenvalue weighted by Crippen LogP contribution is 2.16. The van der Waals surface area contributed by atoms with Crippen LogP contribution in [0, 0.1) is 13.8 Å². The molecule has 2 nitrogen and oxygen atoms in total. The molecule has 0 spiro atoms. The smallest absolute Gasteiger partial charge is 0.170 e. The second kappa shape index (κ2) is 9.16.